The molecule has 2 aromatic rings. The van der Waals surface area contributed by atoms with Crippen molar-refractivity contribution in [2.45, 2.75) is 12.8 Å². The van der Waals surface area contributed by atoms with Gasteiger partial charge in [-0.15, -0.1) is 0 Å². The standard InChI is InChI=1S/C16H14ClNO2/c17-12-7-8-15(19)13(10-12)16(20)18-9-3-5-11-4-1-2-6-14(11)18/h1-2,4,6-8,10,19H,3,5,9H2. The van der Waals surface area contributed by atoms with Gasteiger partial charge in [0.2, 0.25) is 0 Å². The first-order valence-electron chi connectivity index (χ1n) is 6.55. The number of carbonyl (C=O) groups excluding carboxylic acids is 1. The van der Waals surface area contributed by atoms with Gasteiger partial charge in [-0.25, -0.2) is 0 Å². The number of hydrogen-bond donors (Lipinski definition) is 1. The monoisotopic (exact) mass is 287 g/mol. The van der Waals surface area contributed by atoms with Crippen LogP contribution in [0.5, 0.6) is 5.75 Å². The highest BCUT2D eigenvalue weighted by Crippen LogP contribution is 2.30. The lowest BCUT2D eigenvalue weighted by Gasteiger charge is -2.29. The molecule has 0 spiro atoms. The Morgan fingerprint density at radius 1 is 1.20 bits per heavy atom. The summed E-state index contributed by atoms with van der Waals surface area (Å²) < 4.78 is 0. The molecule has 1 aliphatic rings. The predicted octanol–water partition coefficient (Wildman–Crippen LogP) is 3.64. The van der Waals surface area contributed by atoms with Crippen molar-refractivity contribution < 1.29 is 9.90 Å². The van der Waals surface area contributed by atoms with E-state index in [2.05, 4.69) is 0 Å². The maximum atomic E-state index is 12.6. The highest BCUT2D eigenvalue weighted by atomic mass is 35.5. The van der Waals surface area contributed by atoms with Crippen molar-refractivity contribution in [2.24, 2.45) is 0 Å². The average molecular weight is 288 g/mol. The lowest BCUT2D eigenvalue weighted by Crippen LogP contribution is -2.35. The normalized spacial score (nSPS) is 13.9. The number of phenols is 1. The fraction of sp³-hybridized carbons (Fsp3) is 0.188. The number of amides is 1. The van der Waals surface area contributed by atoms with Crippen LogP contribution in [0.15, 0.2) is 42.5 Å². The molecule has 102 valence electrons. The average Bonchev–Trinajstić information content (AvgIpc) is 2.48. The Morgan fingerprint density at radius 3 is 2.85 bits per heavy atom. The molecule has 0 fully saturated rings. The molecule has 1 aliphatic heterocycles. The van der Waals surface area contributed by atoms with E-state index < -0.39 is 0 Å². The van der Waals surface area contributed by atoms with E-state index in [-0.39, 0.29) is 17.2 Å². The second kappa shape index (κ2) is 5.17. The quantitative estimate of drug-likeness (QED) is 0.870. The van der Waals surface area contributed by atoms with Gasteiger partial charge in [-0.1, -0.05) is 29.8 Å². The highest BCUT2D eigenvalue weighted by molar-refractivity contribution is 6.31. The number of phenolic OH excluding ortho intramolecular Hbond substituents is 1. The summed E-state index contributed by atoms with van der Waals surface area (Å²) in [6.07, 6.45) is 1.89. The summed E-state index contributed by atoms with van der Waals surface area (Å²) in [5, 5.41) is 10.3. The Bertz CT molecular complexity index is 669. The molecule has 0 aromatic heterocycles. The van der Waals surface area contributed by atoms with E-state index in [1.54, 1.807) is 11.0 Å². The van der Waals surface area contributed by atoms with Crippen molar-refractivity contribution in [3.05, 3.63) is 58.6 Å². The van der Waals surface area contributed by atoms with Gasteiger partial charge >= 0.3 is 0 Å². The molecule has 1 heterocycles. The first-order chi connectivity index (χ1) is 9.66. The largest absolute Gasteiger partial charge is 0.507 e. The minimum absolute atomic E-state index is 0.0394. The highest BCUT2D eigenvalue weighted by Gasteiger charge is 2.25. The predicted molar refractivity (Wildman–Crippen MR) is 79.6 cm³/mol. The number of halogens is 1. The van der Waals surface area contributed by atoms with Gasteiger partial charge in [0.1, 0.15) is 5.75 Å². The van der Waals surface area contributed by atoms with E-state index in [0.717, 1.165) is 24.1 Å². The molecular formula is C16H14ClNO2. The number of fused-ring (bicyclic) bond motifs is 1. The first kappa shape index (κ1) is 13.0. The molecule has 0 saturated carbocycles. The number of nitrogens with zero attached hydrogens (tertiary/aromatic N) is 1. The molecule has 0 unspecified atom stereocenters. The smallest absolute Gasteiger partial charge is 0.262 e. The third-order valence-electron chi connectivity index (χ3n) is 3.54. The second-order valence-electron chi connectivity index (χ2n) is 4.85. The van der Waals surface area contributed by atoms with Crippen molar-refractivity contribution in [1.29, 1.82) is 0 Å². The molecule has 2 aromatic carbocycles. The summed E-state index contributed by atoms with van der Waals surface area (Å²) in [5.74, 6) is -0.250. The molecule has 0 atom stereocenters. The summed E-state index contributed by atoms with van der Waals surface area (Å²) in [6, 6.07) is 12.4. The molecule has 20 heavy (non-hydrogen) atoms. The van der Waals surface area contributed by atoms with Crippen molar-refractivity contribution in [3.8, 4) is 5.75 Å². The summed E-state index contributed by atoms with van der Waals surface area (Å²) in [7, 11) is 0. The van der Waals surface area contributed by atoms with Crippen LogP contribution in [-0.2, 0) is 6.42 Å². The number of hydrogen-bond acceptors (Lipinski definition) is 2. The van der Waals surface area contributed by atoms with Crippen LogP contribution in [0, 0.1) is 0 Å². The molecule has 0 radical (unpaired) electrons. The van der Waals surface area contributed by atoms with Gasteiger partial charge in [-0.05, 0) is 42.7 Å². The Labute approximate surface area is 122 Å². The van der Waals surface area contributed by atoms with Crippen LogP contribution < -0.4 is 4.90 Å². The maximum absolute atomic E-state index is 12.6. The minimum atomic E-state index is -0.211. The molecule has 3 rings (SSSR count). The summed E-state index contributed by atoms with van der Waals surface area (Å²) in [5.41, 5.74) is 2.32. The van der Waals surface area contributed by atoms with Crippen LogP contribution >= 0.6 is 11.6 Å². The molecule has 0 aliphatic carbocycles. The van der Waals surface area contributed by atoms with Gasteiger partial charge in [-0.3, -0.25) is 4.79 Å². The SMILES string of the molecule is O=C(c1cc(Cl)ccc1O)N1CCCc2ccccc21. The summed E-state index contributed by atoms with van der Waals surface area (Å²) in [4.78, 5) is 14.4. The zero-order chi connectivity index (χ0) is 14.1. The van der Waals surface area contributed by atoms with Gasteiger partial charge in [-0.2, -0.15) is 0 Å². The van der Waals surface area contributed by atoms with Crippen LogP contribution in [-0.4, -0.2) is 17.6 Å². The van der Waals surface area contributed by atoms with Crippen LogP contribution in [0.3, 0.4) is 0 Å². The molecule has 1 amide bonds. The number of benzene rings is 2. The molecule has 3 nitrogen and oxygen atoms in total. The Morgan fingerprint density at radius 2 is 2.00 bits per heavy atom. The zero-order valence-electron chi connectivity index (χ0n) is 10.8. The van der Waals surface area contributed by atoms with Crippen molar-refractivity contribution in [3.63, 3.8) is 0 Å². The third-order valence-corrected chi connectivity index (χ3v) is 3.78. The maximum Gasteiger partial charge on any atom is 0.262 e. The molecule has 1 N–H and O–H groups in total. The fourth-order valence-electron chi connectivity index (χ4n) is 2.57. The topological polar surface area (TPSA) is 40.5 Å². The number of anilines is 1. The van der Waals surface area contributed by atoms with Gasteiger partial charge in [0.05, 0.1) is 5.56 Å². The number of aryl methyl sites for hydroxylation is 1. The fourth-order valence-corrected chi connectivity index (χ4v) is 2.74. The van der Waals surface area contributed by atoms with Crippen molar-refractivity contribution >= 4 is 23.2 Å². The van der Waals surface area contributed by atoms with Gasteiger partial charge < -0.3 is 10.0 Å². The Kier molecular flexibility index (Phi) is 3.36. The number of rotatable bonds is 1. The number of carbonyl (C=O) groups is 1. The number of aromatic hydroxyl groups is 1. The van der Waals surface area contributed by atoms with E-state index >= 15 is 0 Å². The van der Waals surface area contributed by atoms with Crippen LogP contribution in [0.25, 0.3) is 0 Å². The second-order valence-corrected chi connectivity index (χ2v) is 5.29. The Hall–Kier alpha value is -2.00. The third kappa shape index (κ3) is 2.25. The summed E-state index contributed by atoms with van der Waals surface area (Å²) >= 11 is 5.92. The molecular weight excluding hydrogens is 274 g/mol. The van der Waals surface area contributed by atoms with E-state index in [0.29, 0.717) is 11.6 Å². The molecule has 4 heteroatoms. The molecule has 0 saturated heterocycles. The van der Waals surface area contributed by atoms with E-state index in [9.17, 15) is 9.90 Å². The minimum Gasteiger partial charge on any atom is -0.507 e. The Balaban J connectivity index is 2.02. The van der Waals surface area contributed by atoms with Gasteiger partial charge in [0.25, 0.3) is 5.91 Å². The van der Waals surface area contributed by atoms with Gasteiger partial charge in [0, 0.05) is 17.3 Å². The lowest BCUT2D eigenvalue weighted by atomic mass is 10.0. The van der Waals surface area contributed by atoms with Gasteiger partial charge in [0.15, 0.2) is 0 Å². The van der Waals surface area contributed by atoms with Crippen molar-refractivity contribution in [2.75, 3.05) is 11.4 Å². The van der Waals surface area contributed by atoms with E-state index in [1.807, 2.05) is 24.3 Å². The molecule has 0 bridgehead atoms. The first-order valence-corrected chi connectivity index (χ1v) is 6.93. The van der Waals surface area contributed by atoms with E-state index in [1.165, 1.54) is 12.1 Å². The van der Waals surface area contributed by atoms with Crippen LogP contribution in [0.1, 0.15) is 22.3 Å². The lowest BCUT2D eigenvalue weighted by molar-refractivity contribution is 0.0982. The van der Waals surface area contributed by atoms with Crippen LogP contribution in [0.2, 0.25) is 5.02 Å². The van der Waals surface area contributed by atoms with E-state index in [4.69, 9.17) is 11.6 Å². The van der Waals surface area contributed by atoms with Crippen molar-refractivity contribution in [1.82, 2.24) is 0 Å². The summed E-state index contributed by atoms with van der Waals surface area (Å²) in [6.45, 7) is 0.655. The zero-order valence-corrected chi connectivity index (χ0v) is 11.6. The number of para-hydroxylation sites is 1. The van der Waals surface area contributed by atoms with Crippen LogP contribution in [0.4, 0.5) is 5.69 Å².